The highest BCUT2D eigenvalue weighted by Crippen LogP contribution is 2.42. The van der Waals surface area contributed by atoms with E-state index in [-0.39, 0.29) is 42.2 Å². The molecule has 2 aliphatic rings. The third kappa shape index (κ3) is 8.06. The molecule has 9 heteroatoms. The molecule has 0 radical (unpaired) electrons. The van der Waals surface area contributed by atoms with Crippen LogP contribution in [0.3, 0.4) is 0 Å². The van der Waals surface area contributed by atoms with Gasteiger partial charge < -0.3 is 15.1 Å². The minimum Gasteiger partial charge on any atom is -0.349 e. The van der Waals surface area contributed by atoms with E-state index in [4.69, 9.17) is 0 Å². The first kappa shape index (κ1) is 32.1. The molecule has 5 rings (SSSR count). The van der Waals surface area contributed by atoms with Crippen molar-refractivity contribution in [2.45, 2.75) is 44.7 Å². The summed E-state index contributed by atoms with van der Waals surface area (Å²) in [4.78, 5) is 34.9. The number of likely N-dealkylation sites (tertiary alicyclic amines) is 2. The molecule has 1 aromatic heterocycles. The number of nitrogens with one attached hydrogen (secondary N) is 1. The maximum Gasteiger partial charge on any atom is 0.229 e. The summed E-state index contributed by atoms with van der Waals surface area (Å²) in [5.41, 5.74) is 3.00. The van der Waals surface area contributed by atoms with Gasteiger partial charge in [-0.1, -0.05) is 64.5 Å². The molecule has 3 heterocycles. The Balaban J connectivity index is 0.00000220. The van der Waals surface area contributed by atoms with E-state index in [0.717, 1.165) is 67.5 Å². The summed E-state index contributed by atoms with van der Waals surface area (Å²) in [5, 5.41) is 3.25. The van der Waals surface area contributed by atoms with Crippen molar-refractivity contribution < 1.29 is 9.59 Å². The molecule has 6 nitrogen and oxygen atoms in total. The molecule has 2 aliphatic heterocycles. The highest BCUT2D eigenvalue weighted by molar-refractivity contribution is 9.10. The number of amides is 2. The first-order chi connectivity index (χ1) is 18.5. The summed E-state index contributed by atoms with van der Waals surface area (Å²) in [7, 11) is 0. The van der Waals surface area contributed by atoms with Crippen LogP contribution in [0.15, 0.2) is 83.6 Å². The summed E-state index contributed by atoms with van der Waals surface area (Å²) in [6.07, 6.45) is 7.38. The molecule has 0 saturated carbocycles. The molecule has 2 aromatic carbocycles. The normalized spacial score (nSPS) is 17.1. The second-order valence-electron chi connectivity index (χ2n) is 10.6. The predicted octanol–water partition coefficient (Wildman–Crippen LogP) is 5.99. The third-order valence-electron chi connectivity index (χ3n) is 8.06. The lowest BCUT2D eigenvalue weighted by atomic mass is 9.77. The van der Waals surface area contributed by atoms with Crippen LogP contribution in [-0.4, -0.2) is 52.8 Å². The van der Waals surface area contributed by atoms with Gasteiger partial charge in [0.25, 0.3) is 0 Å². The molecule has 1 spiro atoms. The molecule has 2 amide bonds. The Hall–Kier alpha value is -2.45. The van der Waals surface area contributed by atoms with Gasteiger partial charge in [0.05, 0.1) is 17.9 Å². The Labute approximate surface area is 257 Å². The van der Waals surface area contributed by atoms with Crippen LogP contribution in [0.1, 0.15) is 48.4 Å². The number of pyridine rings is 1. The van der Waals surface area contributed by atoms with Crippen molar-refractivity contribution in [2.75, 3.05) is 26.2 Å². The van der Waals surface area contributed by atoms with Crippen LogP contribution < -0.4 is 5.32 Å². The summed E-state index contributed by atoms with van der Waals surface area (Å²) >= 11 is 3.48. The monoisotopic (exact) mass is 646 g/mol. The lowest BCUT2D eigenvalue weighted by molar-refractivity contribution is -0.139. The number of hydrogen-bond acceptors (Lipinski definition) is 4. The van der Waals surface area contributed by atoms with Crippen LogP contribution in [0.2, 0.25) is 0 Å². The zero-order valence-corrected chi connectivity index (χ0v) is 25.7. The molecule has 2 saturated heterocycles. The van der Waals surface area contributed by atoms with E-state index in [0.29, 0.717) is 18.9 Å². The summed E-state index contributed by atoms with van der Waals surface area (Å²) in [6.45, 7) is 4.26. The number of rotatable bonds is 9. The Morgan fingerprint density at radius 3 is 2.30 bits per heavy atom. The Bertz CT molecular complexity index is 1220. The smallest absolute Gasteiger partial charge is 0.229 e. The third-order valence-corrected chi connectivity index (χ3v) is 8.59. The highest BCUT2D eigenvalue weighted by Gasteiger charge is 2.47. The molecular weight excluding hydrogens is 611 g/mol. The molecular formula is C31H37BrCl2N4O2. The van der Waals surface area contributed by atoms with Gasteiger partial charge in [-0.15, -0.1) is 24.8 Å². The highest BCUT2D eigenvalue weighted by atomic mass is 79.9. The number of hydrogen-bond donors (Lipinski definition) is 1. The average Bonchev–Trinajstić information content (AvgIpc) is 3.24. The van der Waals surface area contributed by atoms with E-state index < -0.39 is 0 Å². The van der Waals surface area contributed by atoms with E-state index in [1.54, 1.807) is 12.4 Å². The molecule has 1 N–H and O–H groups in total. The zero-order chi connectivity index (χ0) is 26.4. The number of aromatic nitrogens is 1. The first-order valence-corrected chi connectivity index (χ1v) is 14.3. The minimum absolute atomic E-state index is 0. The number of carbonyl (C=O) groups is 2. The molecule has 3 aromatic rings. The van der Waals surface area contributed by atoms with Crippen molar-refractivity contribution in [3.05, 3.63) is 100 Å². The molecule has 1 unspecified atom stereocenters. The Morgan fingerprint density at radius 1 is 0.925 bits per heavy atom. The quantitative estimate of drug-likeness (QED) is 0.310. The van der Waals surface area contributed by atoms with Gasteiger partial charge in [0, 0.05) is 36.5 Å². The van der Waals surface area contributed by atoms with Gasteiger partial charge in [-0.2, -0.15) is 0 Å². The average molecular weight is 648 g/mol. The van der Waals surface area contributed by atoms with E-state index in [1.807, 2.05) is 47.4 Å². The van der Waals surface area contributed by atoms with Crippen LogP contribution in [-0.2, 0) is 22.6 Å². The fraction of sp³-hybridized carbons (Fsp3) is 0.387. The SMILES string of the molecule is Cl.Cl.O=C(Cc1cccnc1)NC(CCN1CCC2(CC1)CCN(Cc1ccc(Br)cc1)C2=O)c1ccccc1. The molecule has 0 aliphatic carbocycles. The van der Waals surface area contributed by atoms with Crippen LogP contribution in [0, 0.1) is 5.41 Å². The number of piperidine rings is 1. The standard InChI is InChI=1S/C31H35BrN4O2.2ClH/c32-27-10-8-24(9-11-27)23-36-20-15-31(30(36)38)13-18-35(19-14-31)17-12-28(26-6-2-1-3-7-26)34-29(37)21-25-5-4-16-33-22-25;;/h1-11,16,22,28H,12-15,17-21,23H2,(H,34,37);2*1H. The fourth-order valence-electron chi connectivity index (χ4n) is 5.78. The van der Waals surface area contributed by atoms with E-state index in [1.165, 1.54) is 5.56 Å². The topological polar surface area (TPSA) is 65.5 Å². The summed E-state index contributed by atoms with van der Waals surface area (Å²) < 4.78 is 1.06. The van der Waals surface area contributed by atoms with Crippen LogP contribution in [0.5, 0.6) is 0 Å². The predicted molar refractivity (Wildman–Crippen MR) is 167 cm³/mol. The largest absolute Gasteiger partial charge is 0.349 e. The van der Waals surface area contributed by atoms with E-state index in [2.05, 4.69) is 55.4 Å². The van der Waals surface area contributed by atoms with Crippen molar-refractivity contribution >= 4 is 52.6 Å². The minimum atomic E-state index is -0.206. The lowest BCUT2D eigenvalue weighted by Crippen LogP contribution is -2.45. The Morgan fingerprint density at radius 2 is 1.62 bits per heavy atom. The number of halogens is 3. The van der Waals surface area contributed by atoms with Gasteiger partial charge in [-0.25, -0.2) is 0 Å². The molecule has 2 fully saturated rings. The zero-order valence-electron chi connectivity index (χ0n) is 22.5. The van der Waals surface area contributed by atoms with Gasteiger partial charge in [-0.05, 0) is 73.7 Å². The van der Waals surface area contributed by atoms with Crippen molar-refractivity contribution in [1.29, 1.82) is 0 Å². The van der Waals surface area contributed by atoms with Gasteiger partial charge in [0.1, 0.15) is 0 Å². The van der Waals surface area contributed by atoms with Gasteiger partial charge in [-0.3, -0.25) is 14.6 Å². The van der Waals surface area contributed by atoms with E-state index in [9.17, 15) is 9.59 Å². The van der Waals surface area contributed by atoms with Gasteiger partial charge in [0.15, 0.2) is 0 Å². The fourth-order valence-corrected chi connectivity index (χ4v) is 6.04. The van der Waals surface area contributed by atoms with Crippen molar-refractivity contribution in [2.24, 2.45) is 5.41 Å². The van der Waals surface area contributed by atoms with Gasteiger partial charge >= 0.3 is 0 Å². The molecule has 0 bridgehead atoms. The first-order valence-electron chi connectivity index (χ1n) is 13.5. The van der Waals surface area contributed by atoms with Crippen molar-refractivity contribution in [1.82, 2.24) is 20.1 Å². The summed E-state index contributed by atoms with van der Waals surface area (Å²) in [5.74, 6) is 0.330. The molecule has 214 valence electrons. The van der Waals surface area contributed by atoms with Gasteiger partial charge in [0.2, 0.25) is 11.8 Å². The van der Waals surface area contributed by atoms with Crippen molar-refractivity contribution in [3.8, 4) is 0 Å². The van der Waals surface area contributed by atoms with E-state index >= 15 is 0 Å². The lowest BCUT2D eigenvalue weighted by Gasteiger charge is -2.38. The maximum atomic E-state index is 13.4. The second kappa shape index (κ2) is 15.0. The van der Waals surface area contributed by atoms with Crippen LogP contribution >= 0.6 is 40.7 Å². The van der Waals surface area contributed by atoms with Crippen LogP contribution in [0.25, 0.3) is 0 Å². The molecule has 40 heavy (non-hydrogen) atoms. The van der Waals surface area contributed by atoms with Crippen LogP contribution in [0.4, 0.5) is 0 Å². The van der Waals surface area contributed by atoms with Crippen molar-refractivity contribution in [3.63, 3.8) is 0 Å². The number of carbonyl (C=O) groups excluding carboxylic acids is 2. The number of nitrogens with zero attached hydrogens (tertiary/aromatic N) is 3. The second-order valence-corrected chi connectivity index (χ2v) is 11.5. The molecule has 1 atom stereocenters. The summed E-state index contributed by atoms with van der Waals surface area (Å²) in [6, 6.07) is 22.2. The Kier molecular flexibility index (Phi) is 12.0. The number of benzene rings is 2. The maximum absolute atomic E-state index is 13.4.